The van der Waals surface area contributed by atoms with E-state index in [4.69, 9.17) is 4.74 Å². The fraction of sp³-hybridized carbons (Fsp3) is 0.148. The first-order valence-corrected chi connectivity index (χ1v) is 12.1. The number of aromatic amines is 1. The maximum atomic E-state index is 13.8. The maximum absolute atomic E-state index is 13.8. The van der Waals surface area contributed by atoms with Gasteiger partial charge in [-0.3, -0.25) is 4.79 Å². The second kappa shape index (κ2) is 10.1. The average molecular weight is 499 g/mol. The Morgan fingerprint density at radius 1 is 0.944 bits per heavy atom. The van der Waals surface area contributed by atoms with Crippen LogP contribution in [0, 0.1) is 0 Å². The number of nitrogens with one attached hydrogen (secondary N) is 1. The molecule has 3 aromatic carbocycles. The van der Waals surface area contributed by atoms with Gasteiger partial charge in [0.2, 0.25) is 0 Å². The molecule has 2 heterocycles. The number of allylic oxidation sites excluding steroid dienone is 1. The van der Waals surface area contributed by atoms with E-state index in [9.17, 15) is 14.7 Å². The zero-order valence-electron chi connectivity index (χ0n) is 19.4. The highest BCUT2D eigenvalue weighted by Crippen LogP contribution is 2.29. The summed E-state index contributed by atoms with van der Waals surface area (Å²) in [6, 6.07) is 17.4. The Morgan fingerprint density at radius 3 is 2.47 bits per heavy atom. The zero-order chi connectivity index (χ0) is 25.1. The summed E-state index contributed by atoms with van der Waals surface area (Å²) in [7, 11) is 0. The summed E-state index contributed by atoms with van der Waals surface area (Å²) >= 11 is 1.05. The number of hydrogen-bond donors (Lipinski definition) is 2. The number of fused-ring (bicyclic) bond motifs is 2. The monoisotopic (exact) mass is 498 g/mol. The molecule has 0 fully saturated rings. The number of nitrogens with zero attached hydrogens (tertiary/aromatic N) is 3. The van der Waals surface area contributed by atoms with E-state index in [1.807, 2.05) is 25.1 Å². The van der Waals surface area contributed by atoms with Gasteiger partial charge in [0.15, 0.2) is 5.78 Å². The van der Waals surface area contributed by atoms with Crippen LogP contribution in [0.1, 0.15) is 34.8 Å². The quantitative estimate of drug-likeness (QED) is 0.209. The minimum atomic E-state index is -1.19. The summed E-state index contributed by atoms with van der Waals surface area (Å²) in [5.74, 6) is -0.898. The first-order valence-electron chi connectivity index (χ1n) is 11.4. The molecule has 0 unspecified atom stereocenters. The van der Waals surface area contributed by atoms with Crippen molar-refractivity contribution in [1.29, 1.82) is 0 Å². The van der Waals surface area contributed by atoms with Crippen LogP contribution in [0.15, 0.2) is 72.6 Å². The molecule has 9 heteroatoms. The number of rotatable bonds is 9. The second-order valence-corrected chi connectivity index (χ2v) is 8.79. The molecule has 0 radical (unpaired) electrons. The summed E-state index contributed by atoms with van der Waals surface area (Å²) in [6.07, 6.45) is 2.59. The van der Waals surface area contributed by atoms with Crippen LogP contribution in [0.2, 0.25) is 0 Å². The molecular formula is C27H22N4O4S. The van der Waals surface area contributed by atoms with Gasteiger partial charge in [-0.25, -0.2) is 9.78 Å². The molecule has 5 rings (SSSR count). The van der Waals surface area contributed by atoms with Gasteiger partial charge in [0.05, 0.1) is 41.3 Å². The van der Waals surface area contributed by atoms with Crippen LogP contribution in [-0.2, 0) is 11.2 Å². The van der Waals surface area contributed by atoms with Crippen molar-refractivity contribution >= 4 is 51.1 Å². The standard InChI is InChI=1S/C27H22N4O4S/c1-2-11-35-19-7-4-17(5-8-19)26(32)20(12-16-3-9-21-23(13-16)29-15-28-21)25(27(33)34)18-6-10-22-24(14-18)31-36-30-22/h3-10,13-15H,2,11-12H2,1H3,(H,28,29)(H,33,34). The molecule has 0 saturated carbocycles. The number of H-pyrrole nitrogens is 1. The first-order chi connectivity index (χ1) is 17.5. The summed E-state index contributed by atoms with van der Waals surface area (Å²) in [4.78, 5) is 33.7. The summed E-state index contributed by atoms with van der Waals surface area (Å²) in [6.45, 7) is 2.59. The van der Waals surface area contributed by atoms with Gasteiger partial charge in [-0.1, -0.05) is 19.1 Å². The number of benzene rings is 3. The lowest BCUT2D eigenvalue weighted by molar-refractivity contribution is -0.130. The van der Waals surface area contributed by atoms with Gasteiger partial charge < -0.3 is 14.8 Å². The highest BCUT2D eigenvalue weighted by molar-refractivity contribution is 7.00. The van der Waals surface area contributed by atoms with Crippen molar-refractivity contribution in [2.24, 2.45) is 0 Å². The Bertz CT molecular complexity index is 1600. The lowest BCUT2D eigenvalue weighted by Crippen LogP contribution is -2.14. The van der Waals surface area contributed by atoms with Crippen LogP contribution in [-0.4, -0.2) is 42.2 Å². The second-order valence-electron chi connectivity index (χ2n) is 8.26. The van der Waals surface area contributed by atoms with Crippen LogP contribution in [0.5, 0.6) is 5.75 Å². The van der Waals surface area contributed by atoms with E-state index in [1.165, 1.54) is 0 Å². The zero-order valence-corrected chi connectivity index (χ0v) is 20.2. The highest BCUT2D eigenvalue weighted by Gasteiger charge is 2.24. The van der Waals surface area contributed by atoms with Crippen LogP contribution in [0.3, 0.4) is 0 Å². The molecule has 5 aromatic rings. The molecule has 0 spiro atoms. The van der Waals surface area contributed by atoms with E-state index in [0.29, 0.717) is 34.5 Å². The van der Waals surface area contributed by atoms with Crippen molar-refractivity contribution in [3.05, 3.63) is 89.3 Å². The molecular weight excluding hydrogens is 476 g/mol. The molecule has 36 heavy (non-hydrogen) atoms. The number of imidazole rings is 1. The number of ketones is 1. The fourth-order valence-electron chi connectivity index (χ4n) is 4.04. The molecule has 0 bridgehead atoms. The largest absolute Gasteiger partial charge is 0.494 e. The summed E-state index contributed by atoms with van der Waals surface area (Å²) in [5, 5.41) is 10.3. The van der Waals surface area contributed by atoms with E-state index < -0.39 is 5.97 Å². The average Bonchev–Trinajstić information content (AvgIpc) is 3.55. The maximum Gasteiger partial charge on any atom is 0.336 e. The number of carbonyl (C=O) groups excluding carboxylic acids is 1. The number of hydrogen-bond acceptors (Lipinski definition) is 7. The molecule has 0 atom stereocenters. The lowest BCUT2D eigenvalue weighted by atomic mass is 9.89. The van der Waals surface area contributed by atoms with Gasteiger partial charge in [0.25, 0.3) is 0 Å². The Labute approximate surface area is 210 Å². The first kappa shape index (κ1) is 23.4. The van der Waals surface area contributed by atoms with Crippen LogP contribution < -0.4 is 4.74 Å². The number of carboxylic acid groups (broad SMARTS) is 1. The molecule has 0 saturated heterocycles. The van der Waals surface area contributed by atoms with E-state index >= 15 is 0 Å². The highest BCUT2D eigenvalue weighted by atomic mass is 32.1. The van der Waals surface area contributed by atoms with Gasteiger partial charge >= 0.3 is 5.97 Å². The topological polar surface area (TPSA) is 118 Å². The third-order valence-corrected chi connectivity index (χ3v) is 6.34. The SMILES string of the molecule is CCCOc1ccc(C(=O)C(Cc2ccc3nc[nH]c3c2)=C(C(=O)O)c2ccc3nsnc3c2)cc1. The van der Waals surface area contributed by atoms with Crippen molar-refractivity contribution in [3.63, 3.8) is 0 Å². The van der Waals surface area contributed by atoms with E-state index in [0.717, 1.165) is 34.7 Å². The third-order valence-electron chi connectivity index (χ3n) is 5.79. The summed E-state index contributed by atoms with van der Waals surface area (Å²) < 4.78 is 14.1. The Balaban J connectivity index is 1.62. The normalized spacial score (nSPS) is 12.0. The van der Waals surface area contributed by atoms with Gasteiger partial charge in [-0.15, -0.1) is 0 Å². The number of ether oxygens (including phenoxy) is 1. The molecule has 2 aromatic heterocycles. The van der Waals surface area contributed by atoms with Crippen molar-refractivity contribution in [1.82, 2.24) is 18.7 Å². The van der Waals surface area contributed by atoms with E-state index in [2.05, 4.69) is 18.7 Å². The number of aliphatic carboxylic acids is 1. The predicted octanol–water partition coefficient (Wildman–Crippen LogP) is 5.32. The van der Waals surface area contributed by atoms with Crippen LogP contribution in [0.4, 0.5) is 0 Å². The number of carbonyl (C=O) groups is 2. The van der Waals surface area contributed by atoms with Crippen molar-refractivity contribution in [2.45, 2.75) is 19.8 Å². The summed E-state index contributed by atoms with van der Waals surface area (Å²) in [5.41, 5.74) is 4.53. The lowest BCUT2D eigenvalue weighted by Gasteiger charge is -2.14. The predicted molar refractivity (Wildman–Crippen MR) is 138 cm³/mol. The smallest absolute Gasteiger partial charge is 0.336 e. The van der Waals surface area contributed by atoms with Crippen molar-refractivity contribution < 1.29 is 19.4 Å². The van der Waals surface area contributed by atoms with E-state index in [-0.39, 0.29) is 23.4 Å². The van der Waals surface area contributed by atoms with Crippen molar-refractivity contribution in [3.8, 4) is 5.75 Å². The Morgan fingerprint density at radius 2 is 1.69 bits per heavy atom. The number of carboxylic acids is 1. The number of Topliss-reactive ketones (excluding diaryl/α,β-unsaturated/α-hetero) is 1. The minimum Gasteiger partial charge on any atom is -0.494 e. The molecule has 2 N–H and O–H groups in total. The van der Waals surface area contributed by atoms with Gasteiger partial charge in [0, 0.05) is 17.6 Å². The van der Waals surface area contributed by atoms with Gasteiger partial charge in [-0.2, -0.15) is 8.75 Å². The molecule has 8 nitrogen and oxygen atoms in total. The van der Waals surface area contributed by atoms with Crippen molar-refractivity contribution in [2.75, 3.05) is 6.61 Å². The Hall–Kier alpha value is -4.37. The number of aromatic nitrogens is 4. The minimum absolute atomic E-state index is 0.0640. The van der Waals surface area contributed by atoms with Gasteiger partial charge in [-0.05, 0) is 66.1 Å². The van der Waals surface area contributed by atoms with Gasteiger partial charge in [0.1, 0.15) is 16.8 Å². The van der Waals surface area contributed by atoms with Crippen LogP contribution in [0.25, 0.3) is 27.6 Å². The molecule has 0 aliphatic carbocycles. The third kappa shape index (κ3) is 4.73. The molecule has 0 aliphatic heterocycles. The fourth-order valence-corrected chi connectivity index (χ4v) is 4.56. The Kier molecular flexibility index (Phi) is 6.55. The van der Waals surface area contributed by atoms with Crippen LogP contribution >= 0.6 is 11.7 Å². The van der Waals surface area contributed by atoms with E-state index in [1.54, 1.807) is 48.8 Å². The molecule has 0 aliphatic rings. The molecule has 180 valence electrons. The molecule has 0 amide bonds.